The molecule has 2 nitrogen and oxygen atoms in total. The van der Waals surface area contributed by atoms with Crippen molar-refractivity contribution >= 4 is 51.6 Å². The van der Waals surface area contributed by atoms with Gasteiger partial charge in [0.1, 0.15) is 0 Å². The minimum Gasteiger partial charge on any atom is -0.315 e. The second kappa shape index (κ2) is 12.2. The first-order valence-corrected chi connectivity index (χ1v) is 17.9. The summed E-state index contributed by atoms with van der Waals surface area (Å²) in [6.45, 7) is 0.180. The van der Waals surface area contributed by atoms with Gasteiger partial charge >= 0.3 is 0 Å². The zero-order chi connectivity index (χ0) is 33.7. The molecule has 0 saturated carbocycles. The number of benzene rings is 7. The van der Waals surface area contributed by atoms with Gasteiger partial charge in [-0.3, -0.25) is 0 Å². The van der Waals surface area contributed by atoms with Crippen LogP contribution in [-0.4, -0.2) is 6.71 Å². The highest BCUT2D eigenvalue weighted by Gasteiger charge is 2.48. The maximum Gasteiger partial charge on any atom is 0.226 e. The molecule has 10 rings (SSSR count). The maximum absolute atomic E-state index is 2.56. The molecule has 2 aliphatic heterocycles. The number of hydrogen-bond donors (Lipinski definition) is 0. The van der Waals surface area contributed by atoms with Crippen molar-refractivity contribution in [3.63, 3.8) is 0 Å². The molecule has 240 valence electrons. The van der Waals surface area contributed by atoms with Gasteiger partial charge < -0.3 is 9.80 Å². The van der Waals surface area contributed by atoms with E-state index in [-0.39, 0.29) is 12.5 Å². The number of para-hydroxylation sites is 2. The summed E-state index contributed by atoms with van der Waals surface area (Å²) in [5.74, 6) is 0.255. The lowest BCUT2D eigenvalue weighted by Crippen LogP contribution is -2.58. The summed E-state index contributed by atoms with van der Waals surface area (Å²) in [6, 6.07) is 66.5. The van der Waals surface area contributed by atoms with Crippen LogP contribution in [0.15, 0.2) is 200 Å². The predicted molar refractivity (Wildman–Crippen MR) is 216 cm³/mol. The summed E-state index contributed by atoms with van der Waals surface area (Å²) < 4.78 is 0. The highest BCUT2D eigenvalue weighted by atomic mass is 15.2. The molecule has 1 unspecified atom stereocenters. The molecule has 7 aromatic rings. The Morgan fingerprint density at radius 2 is 0.922 bits per heavy atom. The van der Waals surface area contributed by atoms with Crippen molar-refractivity contribution in [1.82, 2.24) is 0 Å². The van der Waals surface area contributed by atoms with E-state index in [1.165, 1.54) is 72.8 Å². The summed E-state index contributed by atoms with van der Waals surface area (Å²) in [7, 11) is 0. The van der Waals surface area contributed by atoms with Crippen molar-refractivity contribution in [3.05, 3.63) is 205 Å². The average molecular weight is 651 g/mol. The lowest BCUT2D eigenvalue weighted by atomic mass is 9.29. The number of allylic oxidation sites excluding steroid dienone is 4. The Labute approximate surface area is 300 Å². The lowest BCUT2D eigenvalue weighted by molar-refractivity contribution is 0.892. The van der Waals surface area contributed by atoms with Crippen LogP contribution in [0.1, 0.15) is 12.0 Å². The smallest absolute Gasteiger partial charge is 0.226 e. The van der Waals surface area contributed by atoms with Crippen molar-refractivity contribution in [2.45, 2.75) is 12.2 Å². The topological polar surface area (TPSA) is 6.48 Å². The summed E-state index contributed by atoms with van der Waals surface area (Å²) in [5, 5.41) is 0. The number of rotatable bonds is 5. The summed E-state index contributed by atoms with van der Waals surface area (Å²) >= 11 is 0. The monoisotopic (exact) mass is 650 g/mol. The van der Waals surface area contributed by atoms with Gasteiger partial charge in [0.05, 0.1) is 0 Å². The van der Waals surface area contributed by atoms with Crippen LogP contribution in [0.5, 0.6) is 0 Å². The molecule has 0 spiro atoms. The Morgan fingerprint density at radius 1 is 0.431 bits per heavy atom. The van der Waals surface area contributed by atoms with E-state index in [0.717, 1.165) is 12.1 Å². The standard InChI is InChI=1S/C48H35BN2/c1-6-16-34(17-7-1)37-26-28-42-44(30-37)50(40-22-12-4-13-23-40)46-32-39(36-20-10-3-11-21-36)33-47-48(46)49(42)43-29-27-38(35-18-8-2-9-19-35)31-45(43)51(47)41-24-14-5-15-25-41/h1-28,30-33,43H,29H2. The number of fused-ring (bicyclic) bond motifs is 4. The molecule has 3 aliphatic rings. The van der Waals surface area contributed by atoms with Crippen LogP contribution < -0.4 is 20.7 Å². The lowest BCUT2D eigenvalue weighted by Gasteiger charge is -2.49. The molecular formula is C48H35BN2. The van der Waals surface area contributed by atoms with Crippen molar-refractivity contribution in [3.8, 4) is 22.3 Å². The molecule has 1 atom stereocenters. The van der Waals surface area contributed by atoms with Gasteiger partial charge in [-0.05, 0) is 105 Å². The third kappa shape index (κ3) is 4.96. The first-order chi connectivity index (χ1) is 25.3. The predicted octanol–water partition coefficient (Wildman–Crippen LogP) is 11.3. The van der Waals surface area contributed by atoms with Crippen molar-refractivity contribution in [2.24, 2.45) is 0 Å². The van der Waals surface area contributed by atoms with Gasteiger partial charge in [0.15, 0.2) is 0 Å². The van der Waals surface area contributed by atoms with E-state index >= 15 is 0 Å². The second-order valence-electron chi connectivity index (χ2n) is 13.7. The van der Waals surface area contributed by atoms with E-state index < -0.39 is 0 Å². The van der Waals surface area contributed by atoms with Crippen LogP contribution in [0.2, 0.25) is 5.82 Å². The average Bonchev–Trinajstić information content (AvgIpc) is 3.21. The van der Waals surface area contributed by atoms with Gasteiger partial charge in [-0.25, -0.2) is 0 Å². The SMILES string of the molecule is C1=C(c2ccccc2)C=C2C(C1)B1c3ccc(-c4ccccc4)cc3N(c3ccccc3)c3cc(-c4ccccc4)cc(c31)N2c1ccccc1. The van der Waals surface area contributed by atoms with E-state index in [4.69, 9.17) is 0 Å². The Morgan fingerprint density at radius 3 is 1.53 bits per heavy atom. The van der Waals surface area contributed by atoms with E-state index in [1.807, 2.05) is 0 Å². The molecule has 0 fully saturated rings. The third-order valence-corrected chi connectivity index (χ3v) is 10.8. The fourth-order valence-corrected chi connectivity index (χ4v) is 8.55. The molecular weight excluding hydrogens is 615 g/mol. The van der Waals surface area contributed by atoms with E-state index in [1.54, 1.807) is 0 Å². The largest absolute Gasteiger partial charge is 0.315 e. The first kappa shape index (κ1) is 29.6. The normalized spacial score (nSPS) is 15.7. The Hall–Kier alpha value is -6.32. The summed E-state index contributed by atoms with van der Waals surface area (Å²) in [4.78, 5) is 5.09. The van der Waals surface area contributed by atoms with Crippen LogP contribution in [0, 0.1) is 0 Å². The minimum atomic E-state index is 0.180. The Balaban J connectivity index is 1.29. The van der Waals surface area contributed by atoms with Crippen molar-refractivity contribution in [1.29, 1.82) is 0 Å². The molecule has 0 aromatic heterocycles. The molecule has 0 bridgehead atoms. The molecule has 1 aliphatic carbocycles. The molecule has 0 saturated heterocycles. The molecule has 51 heavy (non-hydrogen) atoms. The Bertz CT molecular complexity index is 2440. The van der Waals surface area contributed by atoms with Crippen LogP contribution in [-0.2, 0) is 0 Å². The molecule has 3 heteroatoms. The zero-order valence-corrected chi connectivity index (χ0v) is 28.2. The van der Waals surface area contributed by atoms with Gasteiger partial charge in [-0.1, -0.05) is 146 Å². The molecule has 2 heterocycles. The van der Waals surface area contributed by atoms with Gasteiger partial charge in [-0.15, -0.1) is 0 Å². The number of nitrogens with zero attached hydrogens (tertiary/aromatic N) is 2. The highest BCUT2D eigenvalue weighted by Crippen LogP contribution is 2.52. The molecule has 7 aromatic carbocycles. The zero-order valence-electron chi connectivity index (χ0n) is 28.2. The maximum atomic E-state index is 2.56. The quantitative estimate of drug-likeness (QED) is 0.171. The van der Waals surface area contributed by atoms with Crippen LogP contribution >= 0.6 is 0 Å². The van der Waals surface area contributed by atoms with E-state index in [0.29, 0.717) is 0 Å². The highest BCUT2D eigenvalue weighted by molar-refractivity contribution is 6.91. The van der Waals surface area contributed by atoms with E-state index in [9.17, 15) is 0 Å². The minimum absolute atomic E-state index is 0.180. The van der Waals surface area contributed by atoms with Gasteiger partial charge in [0.2, 0.25) is 6.71 Å². The Kier molecular flexibility index (Phi) is 7.09. The van der Waals surface area contributed by atoms with Crippen LogP contribution in [0.25, 0.3) is 27.8 Å². The fraction of sp³-hybridized carbons (Fsp3) is 0.0417. The van der Waals surface area contributed by atoms with Crippen molar-refractivity contribution in [2.75, 3.05) is 9.80 Å². The van der Waals surface area contributed by atoms with Crippen LogP contribution in [0.3, 0.4) is 0 Å². The van der Waals surface area contributed by atoms with Crippen LogP contribution in [0.4, 0.5) is 28.4 Å². The first-order valence-electron chi connectivity index (χ1n) is 17.9. The van der Waals surface area contributed by atoms with Gasteiger partial charge in [0.25, 0.3) is 0 Å². The van der Waals surface area contributed by atoms with Gasteiger partial charge in [0, 0.05) is 34.1 Å². The molecule has 0 N–H and O–H groups in total. The third-order valence-electron chi connectivity index (χ3n) is 10.8. The second-order valence-corrected chi connectivity index (χ2v) is 13.7. The molecule has 0 radical (unpaired) electrons. The molecule has 0 amide bonds. The number of hydrogen-bond acceptors (Lipinski definition) is 2. The summed E-state index contributed by atoms with van der Waals surface area (Å²) in [6.07, 6.45) is 5.89. The van der Waals surface area contributed by atoms with E-state index in [2.05, 4.69) is 204 Å². The summed E-state index contributed by atoms with van der Waals surface area (Å²) in [5.41, 5.74) is 17.6. The number of anilines is 5. The van der Waals surface area contributed by atoms with Gasteiger partial charge in [-0.2, -0.15) is 0 Å². The van der Waals surface area contributed by atoms with Crippen molar-refractivity contribution < 1.29 is 0 Å². The fourth-order valence-electron chi connectivity index (χ4n) is 8.55.